The van der Waals surface area contributed by atoms with Gasteiger partial charge in [0.1, 0.15) is 4.21 Å². The number of carboxylic acids is 1. The van der Waals surface area contributed by atoms with Crippen LogP contribution in [-0.4, -0.2) is 31.9 Å². The quantitative estimate of drug-likeness (QED) is 0.511. The monoisotopic (exact) mass is 344 g/mol. The summed E-state index contributed by atoms with van der Waals surface area (Å²) in [6.45, 7) is 0.235. The number of primary sulfonamides is 1. The van der Waals surface area contributed by atoms with Crippen LogP contribution in [0.15, 0.2) is 28.5 Å². The van der Waals surface area contributed by atoms with Crippen molar-refractivity contribution in [3.05, 3.63) is 29.2 Å². The molecule has 9 heteroatoms. The molecule has 0 saturated heterocycles. The van der Waals surface area contributed by atoms with E-state index in [0.717, 1.165) is 16.2 Å². The molecule has 1 aromatic rings. The number of allylic oxidation sites excluding steroid dienone is 2. The van der Waals surface area contributed by atoms with Crippen LogP contribution in [0, 0.1) is 5.41 Å². The molecule has 4 N–H and O–H groups in total. The normalized spacial score (nSPS) is 16.6. The number of hydrogen-bond donors (Lipinski definition) is 3. The molecular formula is C13H16N2O5S2. The summed E-state index contributed by atoms with van der Waals surface area (Å²) in [5.74, 6) is -1.66. The van der Waals surface area contributed by atoms with Crippen molar-refractivity contribution >= 4 is 33.2 Å². The van der Waals surface area contributed by atoms with E-state index < -0.39 is 27.3 Å². The number of rotatable bonds is 6. The third kappa shape index (κ3) is 3.37. The lowest BCUT2D eigenvalue weighted by Gasteiger charge is -2.22. The highest BCUT2D eigenvalue weighted by Gasteiger charge is 2.46. The van der Waals surface area contributed by atoms with Gasteiger partial charge in [-0.25, -0.2) is 13.6 Å². The molecule has 120 valence electrons. The van der Waals surface area contributed by atoms with E-state index in [4.69, 9.17) is 5.14 Å². The summed E-state index contributed by atoms with van der Waals surface area (Å²) >= 11 is 1.04. The van der Waals surface area contributed by atoms with Crippen LogP contribution in [0.2, 0.25) is 0 Å². The van der Waals surface area contributed by atoms with Gasteiger partial charge in [0.15, 0.2) is 5.41 Å². The standard InChI is InChI=1S/C13H16N2O5S2/c14-22(19,20)10-4-3-9(21-10)5-8-15-11(16)13(12(17)18)6-1-2-7-13/h1-4H,5-8H2,(H,15,16)(H,17,18)(H2,14,19,20). The lowest BCUT2D eigenvalue weighted by atomic mass is 9.84. The van der Waals surface area contributed by atoms with Crippen LogP contribution in [-0.2, 0) is 26.0 Å². The highest BCUT2D eigenvalue weighted by Crippen LogP contribution is 2.33. The smallest absolute Gasteiger partial charge is 0.319 e. The van der Waals surface area contributed by atoms with Crippen molar-refractivity contribution in [1.29, 1.82) is 0 Å². The number of hydrogen-bond acceptors (Lipinski definition) is 5. The van der Waals surface area contributed by atoms with E-state index >= 15 is 0 Å². The van der Waals surface area contributed by atoms with E-state index in [0.29, 0.717) is 6.42 Å². The second-order valence-electron chi connectivity index (χ2n) is 5.04. The maximum absolute atomic E-state index is 12.1. The van der Waals surface area contributed by atoms with E-state index in [1.807, 2.05) is 0 Å². The first kappa shape index (κ1) is 16.7. The van der Waals surface area contributed by atoms with Gasteiger partial charge in [-0.1, -0.05) is 12.2 Å². The topological polar surface area (TPSA) is 127 Å². The van der Waals surface area contributed by atoms with E-state index in [9.17, 15) is 23.1 Å². The molecule has 1 aliphatic rings. The predicted octanol–water partition coefficient (Wildman–Crippen LogP) is 0.475. The number of thiophene rings is 1. The van der Waals surface area contributed by atoms with Gasteiger partial charge in [-0.15, -0.1) is 11.3 Å². The van der Waals surface area contributed by atoms with Gasteiger partial charge in [0, 0.05) is 11.4 Å². The Morgan fingerprint density at radius 2 is 1.95 bits per heavy atom. The Hall–Kier alpha value is -1.71. The minimum atomic E-state index is -3.71. The fourth-order valence-corrected chi connectivity index (χ4v) is 4.00. The van der Waals surface area contributed by atoms with Crippen LogP contribution in [0.25, 0.3) is 0 Å². The number of carbonyl (C=O) groups excluding carboxylic acids is 1. The Labute approximate surface area is 131 Å². The molecule has 1 aromatic heterocycles. The minimum Gasteiger partial charge on any atom is -0.480 e. The summed E-state index contributed by atoms with van der Waals surface area (Å²) in [6, 6.07) is 3.04. The first-order valence-corrected chi connectivity index (χ1v) is 8.90. The molecule has 0 radical (unpaired) electrons. The molecule has 0 atom stereocenters. The van der Waals surface area contributed by atoms with Gasteiger partial charge < -0.3 is 10.4 Å². The van der Waals surface area contributed by atoms with Gasteiger partial charge in [0.25, 0.3) is 0 Å². The van der Waals surface area contributed by atoms with Crippen molar-refractivity contribution in [3.8, 4) is 0 Å². The van der Waals surface area contributed by atoms with Crippen LogP contribution in [0.5, 0.6) is 0 Å². The Balaban J connectivity index is 1.92. The van der Waals surface area contributed by atoms with Crippen LogP contribution in [0.3, 0.4) is 0 Å². The second kappa shape index (κ2) is 6.19. The lowest BCUT2D eigenvalue weighted by molar-refractivity contribution is -0.155. The van der Waals surface area contributed by atoms with Gasteiger partial charge in [-0.3, -0.25) is 9.59 Å². The predicted molar refractivity (Wildman–Crippen MR) is 80.8 cm³/mol. The SMILES string of the molecule is NS(=O)(=O)c1ccc(CCNC(=O)C2(C(=O)O)CC=CC2)s1. The third-order valence-corrected chi connectivity index (χ3v) is 6.10. The van der Waals surface area contributed by atoms with Crippen molar-refractivity contribution < 1.29 is 23.1 Å². The zero-order chi connectivity index (χ0) is 16.4. The van der Waals surface area contributed by atoms with Crippen molar-refractivity contribution in [3.63, 3.8) is 0 Å². The number of carboxylic acid groups (broad SMARTS) is 1. The first-order valence-electron chi connectivity index (χ1n) is 6.54. The summed E-state index contributed by atoms with van der Waals surface area (Å²) in [5, 5.41) is 16.9. The van der Waals surface area contributed by atoms with Gasteiger partial charge in [0.05, 0.1) is 0 Å². The summed E-state index contributed by atoms with van der Waals surface area (Å²) in [5.41, 5.74) is -1.42. The van der Waals surface area contributed by atoms with Crippen LogP contribution in [0.4, 0.5) is 0 Å². The summed E-state index contributed by atoms with van der Waals surface area (Å²) in [4.78, 5) is 24.2. The Morgan fingerprint density at radius 1 is 1.32 bits per heavy atom. The average Bonchev–Trinajstić information content (AvgIpc) is 3.07. The van der Waals surface area contributed by atoms with E-state index in [1.54, 1.807) is 18.2 Å². The molecule has 0 bridgehead atoms. The van der Waals surface area contributed by atoms with Gasteiger partial charge in [0.2, 0.25) is 15.9 Å². The number of nitrogens with one attached hydrogen (secondary N) is 1. The maximum atomic E-state index is 12.1. The van der Waals surface area contributed by atoms with Crippen molar-refractivity contribution in [1.82, 2.24) is 5.32 Å². The maximum Gasteiger partial charge on any atom is 0.319 e. The number of aliphatic carboxylic acids is 1. The molecule has 0 saturated carbocycles. The highest BCUT2D eigenvalue weighted by molar-refractivity contribution is 7.91. The second-order valence-corrected chi connectivity index (χ2v) is 8.00. The molecule has 0 unspecified atom stereocenters. The van der Waals surface area contributed by atoms with Crippen molar-refractivity contribution in [2.45, 2.75) is 23.5 Å². The van der Waals surface area contributed by atoms with Gasteiger partial charge in [-0.05, 0) is 31.4 Å². The zero-order valence-electron chi connectivity index (χ0n) is 11.6. The minimum absolute atomic E-state index is 0.0656. The third-order valence-electron chi connectivity index (χ3n) is 3.52. The lowest BCUT2D eigenvalue weighted by Crippen LogP contribution is -2.45. The summed E-state index contributed by atoms with van der Waals surface area (Å²) in [7, 11) is -3.71. The molecule has 2 rings (SSSR count). The molecule has 1 amide bonds. The number of nitrogens with two attached hydrogens (primary N) is 1. The average molecular weight is 344 g/mol. The molecule has 1 aliphatic carbocycles. The van der Waals surface area contributed by atoms with E-state index in [-0.39, 0.29) is 23.6 Å². The highest BCUT2D eigenvalue weighted by atomic mass is 32.2. The van der Waals surface area contributed by atoms with Crippen LogP contribution in [0.1, 0.15) is 17.7 Å². The van der Waals surface area contributed by atoms with Crippen LogP contribution >= 0.6 is 11.3 Å². The molecule has 7 nitrogen and oxygen atoms in total. The number of sulfonamides is 1. The molecule has 0 spiro atoms. The summed E-state index contributed by atoms with van der Waals surface area (Å²) in [6.07, 6.45) is 4.15. The molecule has 0 aromatic carbocycles. The largest absolute Gasteiger partial charge is 0.480 e. The molecule has 1 heterocycles. The van der Waals surface area contributed by atoms with E-state index in [2.05, 4.69) is 5.32 Å². The first-order chi connectivity index (χ1) is 10.3. The van der Waals surface area contributed by atoms with Crippen LogP contribution < -0.4 is 10.5 Å². The van der Waals surface area contributed by atoms with Crippen molar-refractivity contribution in [2.24, 2.45) is 10.6 Å². The number of carbonyl (C=O) groups is 2. The Morgan fingerprint density at radius 3 is 2.45 bits per heavy atom. The molecule has 22 heavy (non-hydrogen) atoms. The van der Waals surface area contributed by atoms with Gasteiger partial charge in [-0.2, -0.15) is 0 Å². The summed E-state index contributed by atoms with van der Waals surface area (Å²) < 4.78 is 22.4. The molecule has 0 aliphatic heterocycles. The number of amides is 1. The zero-order valence-corrected chi connectivity index (χ0v) is 13.2. The fourth-order valence-electron chi connectivity index (χ4n) is 2.22. The van der Waals surface area contributed by atoms with Gasteiger partial charge >= 0.3 is 5.97 Å². The molecular weight excluding hydrogens is 328 g/mol. The van der Waals surface area contributed by atoms with Crippen molar-refractivity contribution in [2.75, 3.05) is 6.54 Å². The molecule has 0 fully saturated rings. The Kier molecular flexibility index (Phi) is 4.69. The fraction of sp³-hybridized carbons (Fsp3) is 0.385. The Bertz CT molecular complexity index is 713. The van der Waals surface area contributed by atoms with E-state index in [1.165, 1.54) is 6.07 Å².